The molecule has 1 rings (SSSR count). The number of hydrogen-bond donors (Lipinski definition) is 1. The molecule has 0 saturated heterocycles. The van der Waals surface area contributed by atoms with Gasteiger partial charge in [-0.2, -0.15) is 0 Å². The van der Waals surface area contributed by atoms with Gasteiger partial charge in [-0.3, -0.25) is 9.59 Å². The Kier molecular flexibility index (Phi) is 5.00. The molecule has 0 aliphatic heterocycles. The van der Waals surface area contributed by atoms with Crippen LogP contribution in [-0.2, 0) is 4.79 Å². The summed E-state index contributed by atoms with van der Waals surface area (Å²) >= 11 is 0. The van der Waals surface area contributed by atoms with E-state index in [1.54, 1.807) is 18.2 Å². The van der Waals surface area contributed by atoms with Crippen molar-refractivity contribution < 1.29 is 19.1 Å². The van der Waals surface area contributed by atoms with Gasteiger partial charge in [-0.25, -0.2) is 0 Å². The molecule has 1 amide bonds. The van der Waals surface area contributed by atoms with Crippen LogP contribution in [0.25, 0.3) is 0 Å². The van der Waals surface area contributed by atoms with Gasteiger partial charge < -0.3 is 14.8 Å². The van der Waals surface area contributed by atoms with Crippen molar-refractivity contribution in [3.63, 3.8) is 0 Å². The second-order valence-corrected chi connectivity index (χ2v) is 3.27. The molecule has 0 aliphatic rings. The third-order valence-electron chi connectivity index (χ3n) is 2.06. The number of rotatable bonds is 6. The first-order chi connectivity index (χ1) is 8.21. The van der Waals surface area contributed by atoms with E-state index in [0.29, 0.717) is 23.6 Å². The van der Waals surface area contributed by atoms with Crippen molar-refractivity contribution in [2.45, 2.75) is 6.92 Å². The van der Waals surface area contributed by atoms with Crippen molar-refractivity contribution in [3.8, 4) is 11.5 Å². The largest absolute Gasteiger partial charge is 0.493 e. The van der Waals surface area contributed by atoms with Gasteiger partial charge in [0.25, 0.3) is 5.91 Å². The summed E-state index contributed by atoms with van der Waals surface area (Å²) in [6.07, 6.45) is 0.718. The molecule has 0 unspecified atom stereocenters. The smallest absolute Gasteiger partial charge is 0.257 e. The summed E-state index contributed by atoms with van der Waals surface area (Å²) in [5.41, 5.74) is 0.493. The fourth-order valence-electron chi connectivity index (χ4n) is 1.27. The zero-order valence-corrected chi connectivity index (χ0v) is 9.86. The molecule has 1 N–H and O–H groups in total. The molecular weight excluding hydrogens is 222 g/mol. The number of hydrogen-bond acceptors (Lipinski definition) is 4. The van der Waals surface area contributed by atoms with E-state index in [4.69, 9.17) is 9.47 Å². The number of methoxy groups -OCH3 is 1. The summed E-state index contributed by atoms with van der Waals surface area (Å²) in [5, 5.41) is 2.61. The highest BCUT2D eigenvalue weighted by atomic mass is 16.5. The van der Waals surface area contributed by atoms with Crippen LogP contribution in [0.4, 0.5) is 0 Å². The molecule has 5 heteroatoms. The Hall–Kier alpha value is -2.04. The van der Waals surface area contributed by atoms with Gasteiger partial charge in [0.1, 0.15) is 6.29 Å². The predicted octanol–water partition coefficient (Wildman–Crippen LogP) is 1.02. The molecule has 92 valence electrons. The molecule has 0 fully saturated rings. The van der Waals surface area contributed by atoms with Gasteiger partial charge in [-0.05, 0) is 25.1 Å². The van der Waals surface area contributed by atoms with Crippen LogP contribution >= 0.6 is 0 Å². The Morgan fingerprint density at radius 1 is 1.41 bits per heavy atom. The molecular formula is C12H15NO4. The zero-order chi connectivity index (χ0) is 12.7. The Bertz CT molecular complexity index is 403. The van der Waals surface area contributed by atoms with E-state index in [1.165, 1.54) is 7.11 Å². The van der Waals surface area contributed by atoms with Crippen LogP contribution in [0.3, 0.4) is 0 Å². The molecule has 0 bridgehead atoms. The number of aldehydes is 1. The van der Waals surface area contributed by atoms with E-state index >= 15 is 0 Å². The number of amides is 1. The van der Waals surface area contributed by atoms with Gasteiger partial charge in [0.2, 0.25) is 0 Å². The third-order valence-corrected chi connectivity index (χ3v) is 2.06. The Labute approximate surface area is 99.7 Å². The maximum Gasteiger partial charge on any atom is 0.257 e. The van der Waals surface area contributed by atoms with Crippen molar-refractivity contribution in [2.75, 3.05) is 20.3 Å². The third kappa shape index (κ3) is 3.79. The van der Waals surface area contributed by atoms with Crippen LogP contribution in [-0.4, -0.2) is 32.5 Å². The number of benzene rings is 1. The topological polar surface area (TPSA) is 64.6 Å². The lowest BCUT2D eigenvalue weighted by Gasteiger charge is -2.10. The Morgan fingerprint density at radius 3 is 2.76 bits per heavy atom. The standard InChI is InChI=1S/C12H15NO4/c1-3-13-12(15)8-17-10-5-4-9(7-14)6-11(10)16-2/h4-7H,3,8H2,1-2H3,(H,13,15). The molecule has 0 heterocycles. The van der Waals surface area contributed by atoms with Crippen LogP contribution in [0.1, 0.15) is 17.3 Å². The van der Waals surface area contributed by atoms with Crippen LogP contribution in [0, 0.1) is 0 Å². The van der Waals surface area contributed by atoms with Crippen molar-refractivity contribution >= 4 is 12.2 Å². The van der Waals surface area contributed by atoms with Crippen molar-refractivity contribution in [1.29, 1.82) is 0 Å². The molecule has 0 aliphatic carbocycles. The molecule has 0 radical (unpaired) electrons. The summed E-state index contributed by atoms with van der Waals surface area (Å²) in [7, 11) is 1.48. The average molecular weight is 237 g/mol. The first-order valence-electron chi connectivity index (χ1n) is 5.24. The van der Waals surface area contributed by atoms with E-state index in [9.17, 15) is 9.59 Å². The number of carbonyl (C=O) groups is 2. The van der Waals surface area contributed by atoms with Crippen LogP contribution < -0.4 is 14.8 Å². The van der Waals surface area contributed by atoms with Crippen molar-refractivity contribution in [2.24, 2.45) is 0 Å². The van der Waals surface area contributed by atoms with Crippen LogP contribution in [0.5, 0.6) is 11.5 Å². The minimum Gasteiger partial charge on any atom is -0.493 e. The maximum atomic E-state index is 11.2. The quantitative estimate of drug-likeness (QED) is 0.750. The lowest BCUT2D eigenvalue weighted by atomic mass is 10.2. The first kappa shape index (κ1) is 13.0. The SMILES string of the molecule is CCNC(=O)COc1ccc(C=O)cc1OC. The molecule has 0 atom stereocenters. The molecule has 1 aromatic rings. The van der Waals surface area contributed by atoms with E-state index in [2.05, 4.69) is 5.32 Å². The average Bonchev–Trinajstić information content (AvgIpc) is 2.36. The molecule has 1 aromatic carbocycles. The highest BCUT2D eigenvalue weighted by Crippen LogP contribution is 2.27. The second-order valence-electron chi connectivity index (χ2n) is 3.27. The van der Waals surface area contributed by atoms with E-state index in [-0.39, 0.29) is 12.5 Å². The van der Waals surface area contributed by atoms with Crippen LogP contribution in [0.15, 0.2) is 18.2 Å². The summed E-state index contributed by atoms with van der Waals surface area (Å²) in [5.74, 6) is 0.664. The second kappa shape index (κ2) is 6.52. The molecule has 5 nitrogen and oxygen atoms in total. The van der Waals surface area contributed by atoms with Gasteiger partial charge in [0.05, 0.1) is 7.11 Å². The van der Waals surface area contributed by atoms with Crippen molar-refractivity contribution in [3.05, 3.63) is 23.8 Å². The molecule has 0 saturated carbocycles. The fraction of sp³-hybridized carbons (Fsp3) is 0.333. The van der Waals surface area contributed by atoms with Gasteiger partial charge in [-0.1, -0.05) is 0 Å². The predicted molar refractivity (Wildman–Crippen MR) is 62.6 cm³/mol. The lowest BCUT2D eigenvalue weighted by molar-refractivity contribution is -0.123. The Balaban J connectivity index is 2.70. The Morgan fingerprint density at radius 2 is 2.18 bits per heavy atom. The van der Waals surface area contributed by atoms with E-state index in [1.807, 2.05) is 6.92 Å². The number of likely N-dealkylation sites (N-methyl/N-ethyl adjacent to an activating group) is 1. The molecule has 17 heavy (non-hydrogen) atoms. The highest BCUT2D eigenvalue weighted by Gasteiger charge is 2.07. The number of carbonyl (C=O) groups excluding carboxylic acids is 2. The van der Waals surface area contributed by atoms with Gasteiger partial charge >= 0.3 is 0 Å². The zero-order valence-electron chi connectivity index (χ0n) is 9.86. The maximum absolute atomic E-state index is 11.2. The molecule has 0 aromatic heterocycles. The van der Waals surface area contributed by atoms with Gasteiger partial charge in [0.15, 0.2) is 18.1 Å². The fourth-order valence-corrected chi connectivity index (χ4v) is 1.27. The van der Waals surface area contributed by atoms with Gasteiger partial charge in [0, 0.05) is 12.1 Å². The van der Waals surface area contributed by atoms with Crippen molar-refractivity contribution in [1.82, 2.24) is 5.32 Å². The minimum atomic E-state index is -0.200. The van der Waals surface area contributed by atoms with Crippen LogP contribution in [0.2, 0.25) is 0 Å². The normalized spacial score (nSPS) is 9.53. The van der Waals surface area contributed by atoms with E-state index < -0.39 is 0 Å². The monoisotopic (exact) mass is 237 g/mol. The summed E-state index contributed by atoms with van der Waals surface area (Å²) < 4.78 is 10.4. The number of nitrogens with one attached hydrogen (secondary N) is 1. The summed E-state index contributed by atoms with van der Waals surface area (Å²) in [6.45, 7) is 2.31. The molecule has 0 spiro atoms. The minimum absolute atomic E-state index is 0.0787. The van der Waals surface area contributed by atoms with E-state index in [0.717, 1.165) is 6.29 Å². The first-order valence-corrected chi connectivity index (χ1v) is 5.24. The lowest BCUT2D eigenvalue weighted by Crippen LogP contribution is -2.28. The summed E-state index contributed by atoms with van der Waals surface area (Å²) in [4.78, 5) is 21.8. The number of ether oxygens (including phenoxy) is 2. The highest BCUT2D eigenvalue weighted by molar-refractivity contribution is 5.78. The van der Waals surface area contributed by atoms with Gasteiger partial charge in [-0.15, -0.1) is 0 Å². The summed E-state index contributed by atoms with van der Waals surface area (Å²) in [6, 6.07) is 4.75.